The van der Waals surface area contributed by atoms with Crippen LogP contribution in [0.5, 0.6) is 0 Å². The molecular formula is C13H22N4O2S. The van der Waals surface area contributed by atoms with E-state index in [1.807, 2.05) is 0 Å². The van der Waals surface area contributed by atoms with Crippen LogP contribution in [0.1, 0.15) is 19.8 Å². The Kier molecular flexibility index (Phi) is 4.52. The molecular weight excluding hydrogens is 276 g/mol. The number of sulfonamides is 1. The molecule has 0 saturated carbocycles. The van der Waals surface area contributed by atoms with Crippen LogP contribution in [0, 0.1) is 0 Å². The van der Waals surface area contributed by atoms with E-state index in [1.54, 1.807) is 12.1 Å². The zero-order chi connectivity index (χ0) is 14.8. The lowest BCUT2D eigenvalue weighted by Gasteiger charge is -2.22. The number of benzene rings is 1. The van der Waals surface area contributed by atoms with Gasteiger partial charge in [0.05, 0.1) is 5.69 Å². The second-order valence-corrected chi connectivity index (χ2v) is 6.88. The summed E-state index contributed by atoms with van der Waals surface area (Å²) < 4.78 is 22.6. The molecule has 1 aliphatic rings. The number of likely N-dealkylation sites (tertiary alicyclic amines) is 1. The minimum atomic E-state index is -3.76. The molecule has 0 amide bonds. The zero-order valence-electron chi connectivity index (χ0n) is 11.7. The minimum absolute atomic E-state index is 0.0322. The monoisotopic (exact) mass is 298 g/mol. The van der Waals surface area contributed by atoms with E-state index in [0.29, 0.717) is 0 Å². The molecule has 1 saturated heterocycles. The molecule has 2 rings (SSSR count). The predicted octanol–water partition coefficient (Wildman–Crippen LogP) is 0.812. The molecule has 0 aliphatic carbocycles. The third kappa shape index (κ3) is 3.84. The van der Waals surface area contributed by atoms with Gasteiger partial charge < -0.3 is 16.0 Å². The number of primary sulfonamides is 1. The van der Waals surface area contributed by atoms with Crippen molar-refractivity contribution in [1.82, 2.24) is 4.90 Å². The second-order valence-electron chi connectivity index (χ2n) is 5.35. The average molecular weight is 298 g/mol. The van der Waals surface area contributed by atoms with Gasteiger partial charge >= 0.3 is 0 Å². The molecule has 0 radical (unpaired) electrons. The number of anilines is 2. The summed E-state index contributed by atoms with van der Waals surface area (Å²) in [5.41, 5.74) is 6.72. The Hall–Kier alpha value is -1.31. The van der Waals surface area contributed by atoms with E-state index in [0.717, 1.165) is 25.3 Å². The van der Waals surface area contributed by atoms with E-state index in [2.05, 4.69) is 17.1 Å². The first-order valence-corrected chi connectivity index (χ1v) is 8.32. The first-order valence-electron chi connectivity index (χ1n) is 6.77. The first kappa shape index (κ1) is 15.1. The van der Waals surface area contributed by atoms with Crippen molar-refractivity contribution in [2.45, 2.75) is 30.7 Å². The predicted molar refractivity (Wildman–Crippen MR) is 81.0 cm³/mol. The van der Waals surface area contributed by atoms with Crippen LogP contribution in [0.2, 0.25) is 0 Å². The summed E-state index contributed by atoms with van der Waals surface area (Å²) in [5.74, 6) is 0. The Morgan fingerprint density at radius 3 is 2.55 bits per heavy atom. The van der Waals surface area contributed by atoms with Gasteiger partial charge in [-0.15, -0.1) is 0 Å². The Morgan fingerprint density at radius 1 is 1.35 bits per heavy atom. The smallest absolute Gasteiger partial charge is 0.240 e. The summed E-state index contributed by atoms with van der Waals surface area (Å²) >= 11 is 0. The standard InChI is InChI=1S/C13H22N4O2S/c1-10(9-17-6-2-3-7-17)16-11-4-5-13(12(14)8-11)20(15,18)19/h4-5,8,10,16H,2-3,6-7,9,14H2,1H3,(H2,15,18,19). The van der Waals surface area contributed by atoms with Gasteiger partial charge in [-0.1, -0.05) is 0 Å². The Balaban J connectivity index is 2.01. The lowest BCUT2D eigenvalue weighted by Crippen LogP contribution is -2.33. The number of nitrogens with one attached hydrogen (secondary N) is 1. The number of nitrogens with zero attached hydrogens (tertiary/aromatic N) is 1. The number of nitrogens with two attached hydrogens (primary N) is 2. The van der Waals surface area contributed by atoms with Gasteiger partial charge in [0.1, 0.15) is 4.90 Å². The topological polar surface area (TPSA) is 101 Å². The van der Waals surface area contributed by atoms with Crippen molar-refractivity contribution >= 4 is 21.4 Å². The third-order valence-corrected chi connectivity index (χ3v) is 4.44. The van der Waals surface area contributed by atoms with E-state index in [-0.39, 0.29) is 16.6 Å². The molecule has 1 aromatic rings. The van der Waals surface area contributed by atoms with E-state index in [1.165, 1.54) is 18.9 Å². The van der Waals surface area contributed by atoms with Crippen LogP contribution in [0.3, 0.4) is 0 Å². The highest BCUT2D eigenvalue weighted by Gasteiger charge is 2.16. The van der Waals surface area contributed by atoms with Crippen molar-refractivity contribution in [3.05, 3.63) is 18.2 Å². The Labute approximate surface area is 120 Å². The molecule has 0 spiro atoms. The first-order chi connectivity index (χ1) is 9.36. The van der Waals surface area contributed by atoms with E-state index >= 15 is 0 Å². The summed E-state index contributed by atoms with van der Waals surface area (Å²) in [6.45, 7) is 5.37. The molecule has 6 nitrogen and oxygen atoms in total. The minimum Gasteiger partial charge on any atom is -0.398 e. The highest BCUT2D eigenvalue weighted by molar-refractivity contribution is 7.89. The van der Waals surface area contributed by atoms with Crippen molar-refractivity contribution in [3.8, 4) is 0 Å². The zero-order valence-corrected chi connectivity index (χ0v) is 12.5. The quantitative estimate of drug-likeness (QED) is 0.698. The average Bonchev–Trinajstić information content (AvgIpc) is 2.79. The molecule has 20 heavy (non-hydrogen) atoms. The van der Waals surface area contributed by atoms with Gasteiger partial charge in [0, 0.05) is 18.3 Å². The number of hydrogen-bond acceptors (Lipinski definition) is 5. The molecule has 7 heteroatoms. The number of nitrogen functional groups attached to an aromatic ring is 1. The van der Waals surface area contributed by atoms with Crippen LogP contribution in [-0.4, -0.2) is 39.0 Å². The molecule has 1 unspecified atom stereocenters. The Morgan fingerprint density at radius 2 is 2.00 bits per heavy atom. The van der Waals surface area contributed by atoms with Crippen LogP contribution < -0.4 is 16.2 Å². The third-order valence-electron chi connectivity index (χ3n) is 3.46. The van der Waals surface area contributed by atoms with Crippen molar-refractivity contribution in [2.24, 2.45) is 5.14 Å². The highest BCUT2D eigenvalue weighted by Crippen LogP contribution is 2.22. The van der Waals surface area contributed by atoms with Crippen LogP contribution in [0.25, 0.3) is 0 Å². The van der Waals surface area contributed by atoms with Crippen molar-refractivity contribution in [1.29, 1.82) is 0 Å². The van der Waals surface area contributed by atoms with Gasteiger partial charge in [0.2, 0.25) is 10.0 Å². The van der Waals surface area contributed by atoms with Crippen LogP contribution in [0.15, 0.2) is 23.1 Å². The van der Waals surface area contributed by atoms with Gasteiger partial charge in [0.25, 0.3) is 0 Å². The van der Waals surface area contributed by atoms with E-state index < -0.39 is 10.0 Å². The summed E-state index contributed by atoms with van der Waals surface area (Å²) in [5, 5.41) is 8.41. The van der Waals surface area contributed by atoms with Crippen molar-refractivity contribution < 1.29 is 8.42 Å². The molecule has 1 heterocycles. The normalized spacial score (nSPS) is 18.1. The number of hydrogen-bond donors (Lipinski definition) is 3. The van der Waals surface area contributed by atoms with E-state index in [4.69, 9.17) is 10.9 Å². The van der Waals surface area contributed by atoms with E-state index in [9.17, 15) is 8.42 Å². The summed E-state index contributed by atoms with van der Waals surface area (Å²) in [4.78, 5) is 2.38. The fraction of sp³-hybridized carbons (Fsp3) is 0.538. The molecule has 1 fully saturated rings. The van der Waals surface area contributed by atoms with Gasteiger partial charge in [0.15, 0.2) is 0 Å². The maximum absolute atomic E-state index is 11.3. The van der Waals surface area contributed by atoms with Gasteiger partial charge in [-0.2, -0.15) is 0 Å². The van der Waals surface area contributed by atoms with Crippen LogP contribution >= 0.6 is 0 Å². The molecule has 112 valence electrons. The van der Waals surface area contributed by atoms with Gasteiger partial charge in [-0.3, -0.25) is 0 Å². The van der Waals surface area contributed by atoms with Crippen molar-refractivity contribution in [3.63, 3.8) is 0 Å². The lowest BCUT2D eigenvalue weighted by atomic mass is 10.2. The maximum atomic E-state index is 11.3. The molecule has 0 aromatic heterocycles. The van der Waals surface area contributed by atoms with Gasteiger partial charge in [-0.05, 0) is 51.1 Å². The largest absolute Gasteiger partial charge is 0.398 e. The highest BCUT2D eigenvalue weighted by atomic mass is 32.2. The molecule has 1 atom stereocenters. The van der Waals surface area contributed by atoms with Gasteiger partial charge in [-0.25, -0.2) is 13.6 Å². The SMILES string of the molecule is CC(CN1CCCC1)Nc1ccc(S(N)(=O)=O)c(N)c1. The maximum Gasteiger partial charge on any atom is 0.240 e. The molecule has 5 N–H and O–H groups in total. The van der Waals surface area contributed by atoms with Crippen molar-refractivity contribution in [2.75, 3.05) is 30.7 Å². The summed E-state index contributed by atoms with van der Waals surface area (Å²) in [6.07, 6.45) is 2.53. The van der Waals surface area contributed by atoms with Crippen LogP contribution in [-0.2, 0) is 10.0 Å². The number of rotatable bonds is 5. The Bertz CT molecular complexity index is 568. The summed E-state index contributed by atoms with van der Waals surface area (Å²) in [7, 11) is -3.76. The fourth-order valence-corrected chi connectivity index (χ4v) is 3.23. The van der Waals surface area contributed by atoms with Crippen LogP contribution in [0.4, 0.5) is 11.4 Å². The fourth-order valence-electron chi connectivity index (χ4n) is 2.58. The lowest BCUT2D eigenvalue weighted by molar-refractivity contribution is 0.328. The summed E-state index contributed by atoms with van der Waals surface area (Å²) in [6, 6.07) is 5.01. The second kappa shape index (κ2) is 5.99. The molecule has 0 bridgehead atoms. The molecule has 1 aromatic carbocycles. The molecule has 1 aliphatic heterocycles.